The fraction of sp³-hybridized carbons (Fsp3) is 0.200. The van der Waals surface area contributed by atoms with Crippen LogP contribution in [0, 0.1) is 0 Å². The first-order valence-electron chi connectivity index (χ1n) is 10.9. The second-order valence-electron chi connectivity index (χ2n) is 7.52. The van der Waals surface area contributed by atoms with Gasteiger partial charge in [-0.15, -0.1) is 10.2 Å². The van der Waals surface area contributed by atoms with Gasteiger partial charge in [0, 0.05) is 6.54 Å². The van der Waals surface area contributed by atoms with E-state index in [-0.39, 0.29) is 23.6 Å². The van der Waals surface area contributed by atoms with E-state index >= 15 is 0 Å². The molecule has 34 heavy (non-hydrogen) atoms. The van der Waals surface area contributed by atoms with Gasteiger partial charge in [-0.1, -0.05) is 54.2 Å². The smallest absolute Gasteiger partial charge is 0.253 e. The van der Waals surface area contributed by atoms with Crippen LogP contribution in [0.4, 0.5) is 5.69 Å². The molecule has 4 rings (SSSR count). The Kier molecular flexibility index (Phi) is 7.44. The van der Waals surface area contributed by atoms with E-state index in [1.807, 2.05) is 54.8 Å². The summed E-state index contributed by atoms with van der Waals surface area (Å²) >= 11 is 1.27. The highest BCUT2D eigenvalue weighted by atomic mass is 32.2. The van der Waals surface area contributed by atoms with Gasteiger partial charge in [0.15, 0.2) is 16.7 Å². The number of hydrogen-bond donors (Lipinski definition) is 2. The number of furan rings is 1. The number of nitrogens with zero attached hydrogens (tertiary/aromatic N) is 3. The van der Waals surface area contributed by atoms with Gasteiger partial charge in [0.2, 0.25) is 5.91 Å². The fourth-order valence-electron chi connectivity index (χ4n) is 3.47. The van der Waals surface area contributed by atoms with Gasteiger partial charge in [-0.3, -0.25) is 14.2 Å². The summed E-state index contributed by atoms with van der Waals surface area (Å²) in [4.78, 5) is 25.6. The second kappa shape index (κ2) is 10.8. The summed E-state index contributed by atoms with van der Waals surface area (Å²) < 4.78 is 7.31. The van der Waals surface area contributed by atoms with Gasteiger partial charge in [0.05, 0.1) is 29.3 Å². The molecule has 1 atom stereocenters. The lowest BCUT2D eigenvalue weighted by Gasteiger charge is -2.16. The number of rotatable bonds is 9. The van der Waals surface area contributed by atoms with Crippen molar-refractivity contribution >= 4 is 29.3 Å². The highest BCUT2D eigenvalue weighted by Gasteiger charge is 2.18. The molecule has 9 heteroatoms. The van der Waals surface area contributed by atoms with Crippen molar-refractivity contribution in [3.8, 4) is 11.6 Å². The number of carbonyl (C=O) groups excluding carboxylic acids is 2. The van der Waals surface area contributed by atoms with Crippen molar-refractivity contribution < 1.29 is 14.0 Å². The Morgan fingerprint density at radius 2 is 1.79 bits per heavy atom. The molecule has 2 N–H and O–H groups in total. The number of hydrogen-bond acceptors (Lipinski definition) is 6. The SMILES string of the molecule is CCn1c(SCC(=O)Nc2ccccc2C(=O)N[C@@H](C)c2ccccc2)nnc1-c1ccco1. The lowest BCUT2D eigenvalue weighted by atomic mass is 10.1. The number of carbonyl (C=O) groups is 2. The first kappa shape index (κ1) is 23.3. The van der Waals surface area contributed by atoms with Crippen LogP contribution in [-0.4, -0.2) is 32.3 Å². The Labute approximate surface area is 201 Å². The lowest BCUT2D eigenvalue weighted by Crippen LogP contribution is -2.28. The summed E-state index contributed by atoms with van der Waals surface area (Å²) in [5, 5.41) is 14.9. The highest BCUT2D eigenvalue weighted by Crippen LogP contribution is 2.25. The zero-order valence-corrected chi connectivity index (χ0v) is 19.7. The molecule has 4 aromatic rings. The largest absolute Gasteiger partial charge is 0.461 e. The highest BCUT2D eigenvalue weighted by molar-refractivity contribution is 7.99. The molecule has 0 saturated carbocycles. The van der Waals surface area contributed by atoms with E-state index in [1.165, 1.54) is 11.8 Å². The standard InChI is InChI=1S/C25H25N5O3S/c1-3-30-23(21-14-9-15-33-21)28-29-25(30)34-16-22(31)27-20-13-8-7-12-19(20)24(32)26-17(2)18-10-5-4-6-11-18/h4-15,17H,3,16H2,1-2H3,(H,26,32)(H,27,31)/t17-/m0/s1. The second-order valence-corrected chi connectivity index (χ2v) is 8.46. The van der Waals surface area contributed by atoms with Gasteiger partial charge in [0.25, 0.3) is 5.91 Å². The topological polar surface area (TPSA) is 102 Å². The molecule has 0 unspecified atom stereocenters. The number of thioether (sulfide) groups is 1. The van der Waals surface area contributed by atoms with Crippen LogP contribution in [0.15, 0.2) is 82.6 Å². The molecule has 2 aromatic heterocycles. The molecule has 2 aromatic carbocycles. The Morgan fingerprint density at radius 3 is 2.53 bits per heavy atom. The number of aromatic nitrogens is 3. The minimum atomic E-state index is -0.256. The Hall–Kier alpha value is -3.85. The third-order valence-electron chi connectivity index (χ3n) is 5.20. The summed E-state index contributed by atoms with van der Waals surface area (Å²) in [6.45, 7) is 4.53. The van der Waals surface area contributed by atoms with Crippen molar-refractivity contribution in [2.24, 2.45) is 0 Å². The normalized spacial score (nSPS) is 11.7. The third kappa shape index (κ3) is 5.37. The Morgan fingerprint density at radius 1 is 1.03 bits per heavy atom. The first-order valence-corrected chi connectivity index (χ1v) is 11.9. The van der Waals surface area contributed by atoms with E-state index in [1.54, 1.807) is 36.6 Å². The maximum atomic E-state index is 12.9. The first-order chi connectivity index (χ1) is 16.6. The van der Waals surface area contributed by atoms with Crippen LogP contribution < -0.4 is 10.6 Å². The average Bonchev–Trinajstić information content (AvgIpc) is 3.53. The Bertz CT molecular complexity index is 1250. The number of benzene rings is 2. The minimum Gasteiger partial charge on any atom is -0.461 e. The van der Waals surface area contributed by atoms with E-state index in [4.69, 9.17) is 4.42 Å². The fourth-order valence-corrected chi connectivity index (χ4v) is 4.28. The van der Waals surface area contributed by atoms with Gasteiger partial charge >= 0.3 is 0 Å². The van der Waals surface area contributed by atoms with Crippen LogP contribution in [-0.2, 0) is 11.3 Å². The molecule has 2 heterocycles. The molecule has 0 aliphatic carbocycles. The van der Waals surface area contributed by atoms with Gasteiger partial charge in [0.1, 0.15) is 0 Å². The molecule has 0 spiro atoms. The molecule has 2 amide bonds. The zero-order valence-electron chi connectivity index (χ0n) is 18.9. The molecule has 0 saturated heterocycles. The molecule has 174 valence electrons. The summed E-state index contributed by atoms with van der Waals surface area (Å²) in [5.74, 6) is 0.854. The predicted octanol–water partition coefficient (Wildman–Crippen LogP) is 4.78. The maximum absolute atomic E-state index is 12.9. The monoisotopic (exact) mass is 475 g/mol. The van der Waals surface area contributed by atoms with Crippen LogP contribution in [0.3, 0.4) is 0 Å². The van der Waals surface area contributed by atoms with E-state index in [0.29, 0.717) is 34.5 Å². The molecule has 0 bridgehead atoms. The molecule has 0 radical (unpaired) electrons. The molecular weight excluding hydrogens is 450 g/mol. The van der Waals surface area contributed by atoms with Gasteiger partial charge in [-0.2, -0.15) is 0 Å². The average molecular weight is 476 g/mol. The van der Waals surface area contributed by atoms with Crippen molar-refractivity contribution in [3.63, 3.8) is 0 Å². The molecule has 0 aliphatic rings. The van der Waals surface area contributed by atoms with Crippen molar-refractivity contribution in [1.82, 2.24) is 20.1 Å². The maximum Gasteiger partial charge on any atom is 0.253 e. The summed E-state index contributed by atoms with van der Waals surface area (Å²) in [6.07, 6.45) is 1.58. The number of nitrogens with one attached hydrogen (secondary N) is 2. The zero-order chi connectivity index (χ0) is 23.9. The predicted molar refractivity (Wildman–Crippen MR) is 132 cm³/mol. The van der Waals surface area contributed by atoms with E-state index in [0.717, 1.165) is 5.56 Å². The summed E-state index contributed by atoms with van der Waals surface area (Å²) in [7, 11) is 0. The van der Waals surface area contributed by atoms with Gasteiger partial charge in [-0.05, 0) is 43.7 Å². The third-order valence-corrected chi connectivity index (χ3v) is 6.17. The number of anilines is 1. The van der Waals surface area contributed by atoms with Gasteiger partial charge in [-0.25, -0.2) is 0 Å². The number of para-hydroxylation sites is 1. The lowest BCUT2D eigenvalue weighted by molar-refractivity contribution is -0.113. The molecule has 0 aliphatic heterocycles. The molecule has 8 nitrogen and oxygen atoms in total. The van der Waals surface area contributed by atoms with Crippen LogP contribution in [0.2, 0.25) is 0 Å². The van der Waals surface area contributed by atoms with Gasteiger partial charge < -0.3 is 15.1 Å². The van der Waals surface area contributed by atoms with E-state index in [9.17, 15) is 9.59 Å². The van der Waals surface area contributed by atoms with Crippen molar-refractivity contribution in [2.45, 2.75) is 31.6 Å². The minimum absolute atomic E-state index is 0.118. The van der Waals surface area contributed by atoms with Crippen LogP contribution >= 0.6 is 11.8 Å². The van der Waals surface area contributed by atoms with Crippen molar-refractivity contribution in [2.75, 3.05) is 11.1 Å². The van der Waals surface area contributed by atoms with Crippen molar-refractivity contribution in [3.05, 3.63) is 84.1 Å². The Balaban J connectivity index is 1.40. The van der Waals surface area contributed by atoms with Crippen LogP contribution in [0.25, 0.3) is 11.6 Å². The van der Waals surface area contributed by atoms with Crippen molar-refractivity contribution in [1.29, 1.82) is 0 Å². The molecule has 0 fully saturated rings. The summed E-state index contributed by atoms with van der Waals surface area (Å²) in [6, 6.07) is 20.1. The van der Waals surface area contributed by atoms with Crippen LogP contribution in [0.1, 0.15) is 35.8 Å². The van der Waals surface area contributed by atoms with Crippen LogP contribution in [0.5, 0.6) is 0 Å². The van der Waals surface area contributed by atoms with E-state index in [2.05, 4.69) is 20.8 Å². The number of amides is 2. The van der Waals surface area contributed by atoms with E-state index < -0.39 is 0 Å². The molecular formula is C25H25N5O3S. The quantitative estimate of drug-likeness (QED) is 0.338. The summed E-state index contributed by atoms with van der Waals surface area (Å²) in [5.41, 5.74) is 1.86.